The third kappa shape index (κ3) is 7.06. The van der Waals surface area contributed by atoms with Crippen LogP contribution in [-0.4, -0.2) is 13.1 Å². The van der Waals surface area contributed by atoms with E-state index in [1.165, 1.54) is 36.8 Å². The number of hydrogen-bond donors (Lipinski definition) is 2. The lowest BCUT2D eigenvalue weighted by Gasteiger charge is -2.25. The minimum atomic E-state index is 0.397. The van der Waals surface area contributed by atoms with Gasteiger partial charge in [-0.3, -0.25) is 0 Å². The first-order valence-corrected chi connectivity index (χ1v) is 8.06. The molecule has 0 spiro atoms. The molecule has 3 N–H and O–H groups in total. The summed E-state index contributed by atoms with van der Waals surface area (Å²) in [6.45, 7) is 9.75. The second-order valence-electron chi connectivity index (χ2n) is 6.58. The Labute approximate surface area is 125 Å². The van der Waals surface area contributed by atoms with Crippen molar-refractivity contribution in [3.05, 3.63) is 35.4 Å². The van der Waals surface area contributed by atoms with Crippen molar-refractivity contribution in [1.29, 1.82) is 0 Å². The molecule has 0 aromatic heterocycles. The van der Waals surface area contributed by atoms with Crippen molar-refractivity contribution in [3.8, 4) is 0 Å². The van der Waals surface area contributed by atoms with Crippen LogP contribution in [0.2, 0.25) is 0 Å². The van der Waals surface area contributed by atoms with E-state index in [0.717, 1.165) is 26.1 Å². The lowest BCUT2D eigenvalue weighted by atomic mass is 9.87. The van der Waals surface area contributed by atoms with Crippen LogP contribution in [0.3, 0.4) is 0 Å². The Bertz CT molecular complexity index is 354. The number of nitrogens with two attached hydrogens (primary N) is 1. The van der Waals surface area contributed by atoms with Crippen LogP contribution in [0.25, 0.3) is 0 Å². The predicted octanol–water partition coefficient (Wildman–Crippen LogP) is 3.88. The Morgan fingerprint density at radius 2 is 1.70 bits per heavy atom. The molecule has 0 bridgehead atoms. The van der Waals surface area contributed by atoms with E-state index in [-0.39, 0.29) is 0 Å². The highest BCUT2D eigenvalue weighted by atomic mass is 14.9. The second-order valence-corrected chi connectivity index (χ2v) is 6.58. The zero-order chi connectivity index (χ0) is 14.8. The predicted molar refractivity (Wildman–Crippen MR) is 88.8 cm³/mol. The molecule has 0 amide bonds. The molecule has 0 aliphatic heterocycles. The highest BCUT2D eigenvalue weighted by Gasteiger charge is 2.16. The molecule has 0 heterocycles. The smallest absolute Gasteiger partial charge is 0.0205 e. The largest absolute Gasteiger partial charge is 0.330 e. The first-order chi connectivity index (χ1) is 9.57. The summed E-state index contributed by atoms with van der Waals surface area (Å²) in [5, 5.41) is 3.60. The Balaban J connectivity index is 2.28. The van der Waals surface area contributed by atoms with Gasteiger partial charge in [0, 0.05) is 13.1 Å². The number of benzene rings is 1. The van der Waals surface area contributed by atoms with E-state index in [1.54, 1.807) is 0 Å². The Hall–Kier alpha value is -0.860. The maximum absolute atomic E-state index is 5.56. The number of hydrogen-bond acceptors (Lipinski definition) is 2. The fraction of sp³-hybridized carbons (Fsp3) is 0.667. The summed E-state index contributed by atoms with van der Waals surface area (Å²) >= 11 is 0. The second kappa shape index (κ2) is 9.15. The van der Waals surface area contributed by atoms with Crippen molar-refractivity contribution in [2.24, 2.45) is 11.1 Å². The quantitative estimate of drug-likeness (QED) is 0.636. The van der Waals surface area contributed by atoms with Gasteiger partial charge in [-0.05, 0) is 35.9 Å². The normalized spacial score (nSPS) is 11.8. The molecule has 114 valence electrons. The molecule has 0 saturated carbocycles. The van der Waals surface area contributed by atoms with Crippen LogP contribution in [0.5, 0.6) is 0 Å². The molecule has 2 nitrogen and oxygen atoms in total. The van der Waals surface area contributed by atoms with Gasteiger partial charge in [0.15, 0.2) is 0 Å². The van der Waals surface area contributed by atoms with Crippen LogP contribution in [-0.2, 0) is 13.0 Å². The molecule has 2 heteroatoms. The van der Waals surface area contributed by atoms with Gasteiger partial charge in [-0.1, -0.05) is 64.3 Å². The van der Waals surface area contributed by atoms with Crippen LogP contribution in [0, 0.1) is 5.41 Å². The molecule has 1 rings (SSSR count). The van der Waals surface area contributed by atoms with Crippen molar-refractivity contribution in [1.82, 2.24) is 5.32 Å². The monoisotopic (exact) mass is 276 g/mol. The number of rotatable bonds is 10. The average Bonchev–Trinajstić information content (AvgIpc) is 2.41. The van der Waals surface area contributed by atoms with Crippen LogP contribution >= 0.6 is 0 Å². The molecule has 0 aliphatic rings. The van der Waals surface area contributed by atoms with Gasteiger partial charge in [0.25, 0.3) is 0 Å². The van der Waals surface area contributed by atoms with E-state index in [0.29, 0.717) is 5.41 Å². The minimum Gasteiger partial charge on any atom is -0.330 e. The SMILES string of the molecule is CCCCCC(C)(C)CNCc1ccc(CCN)cc1. The zero-order valence-electron chi connectivity index (χ0n) is 13.5. The molecule has 0 aliphatic carbocycles. The molecule has 0 unspecified atom stereocenters. The third-order valence-corrected chi connectivity index (χ3v) is 3.85. The standard InChI is InChI=1S/C18H32N2/c1-4-5-6-12-18(2,3)15-20-14-17-9-7-16(8-10-17)11-13-19/h7-10,20H,4-6,11-15,19H2,1-3H3. The van der Waals surface area contributed by atoms with Gasteiger partial charge in [-0.25, -0.2) is 0 Å². The van der Waals surface area contributed by atoms with E-state index in [2.05, 4.69) is 50.4 Å². The maximum atomic E-state index is 5.56. The summed E-state index contributed by atoms with van der Waals surface area (Å²) < 4.78 is 0. The summed E-state index contributed by atoms with van der Waals surface area (Å²) in [5.74, 6) is 0. The summed E-state index contributed by atoms with van der Waals surface area (Å²) in [4.78, 5) is 0. The number of unbranched alkanes of at least 4 members (excludes halogenated alkanes) is 2. The molecule has 1 aromatic carbocycles. The highest BCUT2D eigenvalue weighted by molar-refractivity contribution is 5.22. The Kier molecular flexibility index (Phi) is 7.86. The molecular formula is C18H32N2. The van der Waals surface area contributed by atoms with Crippen LogP contribution in [0.4, 0.5) is 0 Å². The summed E-state index contributed by atoms with van der Waals surface area (Å²) in [5.41, 5.74) is 8.65. The highest BCUT2D eigenvalue weighted by Crippen LogP contribution is 2.22. The van der Waals surface area contributed by atoms with Crippen molar-refractivity contribution >= 4 is 0 Å². The summed E-state index contributed by atoms with van der Waals surface area (Å²) in [6.07, 6.45) is 6.28. The van der Waals surface area contributed by atoms with Crippen LogP contribution in [0.1, 0.15) is 57.6 Å². The van der Waals surface area contributed by atoms with E-state index >= 15 is 0 Å². The third-order valence-electron chi connectivity index (χ3n) is 3.85. The van der Waals surface area contributed by atoms with E-state index < -0.39 is 0 Å². The zero-order valence-corrected chi connectivity index (χ0v) is 13.5. The van der Waals surface area contributed by atoms with E-state index in [9.17, 15) is 0 Å². The molecule has 0 radical (unpaired) electrons. The molecule has 1 aromatic rings. The molecular weight excluding hydrogens is 244 g/mol. The molecule has 20 heavy (non-hydrogen) atoms. The maximum Gasteiger partial charge on any atom is 0.0205 e. The Morgan fingerprint density at radius 1 is 1.05 bits per heavy atom. The molecule has 0 saturated heterocycles. The summed E-state index contributed by atoms with van der Waals surface area (Å²) in [7, 11) is 0. The fourth-order valence-corrected chi connectivity index (χ4v) is 2.48. The fourth-order valence-electron chi connectivity index (χ4n) is 2.48. The Morgan fingerprint density at radius 3 is 2.30 bits per heavy atom. The van der Waals surface area contributed by atoms with Crippen molar-refractivity contribution < 1.29 is 0 Å². The topological polar surface area (TPSA) is 38.0 Å². The molecule has 0 fully saturated rings. The van der Waals surface area contributed by atoms with E-state index in [1.807, 2.05) is 0 Å². The lowest BCUT2D eigenvalue weighted by Crippen LogP contribution is -2.29. The van der Waals surface area contributed by atoms with Crippen LogP contribution in [0.15, 0.2) is 24.3 Å². The number of nitrogens with one attached hydrogen (secondary N) is 1. The van der Waals surface area contributed by atoms with Crippen LogP contribution < -0.4 is 11.1 Å². The van der Waals surface area contributed by atoms with Crippen molar-refractivity contribution in [3.63, 3.8) is 0 Å². The van der Waals surface area contributed by atoms with Crippen molar-refractivity contribution in [2.75, 3.05) is 13.1 Å². The van der Waals surface area contributed by atoms with Gasteiger partial charge in [-0.15, -0.1) is 0 Å². The van der Waals surface area contributed by atoms with Gasteiger partial charge in [0.05, 0.1) is 0 Å². The van der Waals surface area contributed by atoms with Crippen molar-refractivity contribution in [2.45, 2.75) is 59.4 Å². The van der Waals surface area contributed by atoms with Gasteiger partial charge in [-0.2, -0.15) is 0 Å². The average molecular weight is 276 g/mol. The van der Waals surface area contributed by atoms with Gasteiger partial charge >= 0.3 is 0 Å². The molecule has 0 atom stereocenters. The van der Waals surface area contributed by atoms with Gasteiger partial charge < -0.3 is 11.1 Å². The van der Waals surface area contributed by atoms with Gasteiger partial charge in [0.2, 0.25) is 0 Å². The minimum absolute atomic E-state index is 0.397. The lowest BCUT2D eigenvalue weighted by molar-refractivity contribution is 0.302. The van der Waals surface area contributed by atoms with Gasteiger partial charge in [0.1, 0.15) is 0 Å². The first kappa shape index (κ1) is 17.2. The van der Waals surface area contributed by atoms with E-state index in [4.69, 9.17) is 5.73 Å². The summed E-state index contributed by atoms with van der Waals surface area (Å²) in [6, 6.07) is 8.80. The first-order valence-electron chi connectivity index (χ1n) is 8.06.